The van der Waals surface area contributed by atoms with E-state index in [0.29, 0.717) is 11.6 Å². The van der Waals surface area contributed by atoms with Crippen molar-refractivity contribution in [3.05, 3.63) is 63.6 Å². The minimum absolute atomic E-state index is 0.380. The van der Waals surface area contributed by atoms with Crippen LogP contribution >= 0.6 is 35.0 Å². The number of hydrogen-bond donors (Lipinski definition) is 1. The summed E-state index contributed by atoms with van der Waals surface area (Å²) < 4.78 is 0. The zero-order chi connectivity index (χ0) is 14.4. The molecule has 0 spiro atoms. The van der Waals surface area contributed by atoms with Gasteiger partial charge < -0.3 is 5.73 Å². The Morgan fingerprint density at radius 2 is 1.80 bits per heavy atom. The maximum absolute atomic E-state index is 6.14. The topological polar surface area (TPSA) is 26.0 Å². The lowest BCUT2D eigenvalue weighted by Gasteiger charge is -2.05. The smallest absolute Gasteiger partial charge is 0.0555 e. The van der Waals surface area contributed by atoms with Crippen LogP contribution in [-0.2, 0) is 5.75 Å². The summed E-state index contributed by atoms with van der Waals surface area (Å²) in [5.74, 6) is 6.68. The van der Waals surface area contributed by atoms with Gasteiger partial charge in [0.05, 0.1) is 11.6 Å². The molecule has 2 rings (SSSR count). The molecule has 0 atom stereocenters. The third-order valence-electron chi connectivity index (χ3n) is 2.58. The summed E-state index contributed by atoms with van der Waals surface area (Å²) in [7, 11) is 0. The van der Waals surface area contributed by atoms with Crippen LogP contribution in [-0.4, -0.2) is 6.54 Å². The van der Waals surface area contributed by atoms with Gasteiger partial charge in [0, 0.05) is 21.2 Å². The molecule has 2 N–H and O–H groups in total. The molecule has 0 saturated carbocycles. The highest BCUT2D eigenvalue weighted by Crippen LogP contribution is 2.31. The monoisotopic (exact) mass is 321 g/mol. The van der Waals surface area contributed by atoms with Crippen LogP contribution in [0.2, 0.25) is 10.0 Å². The standard InChI is InChI=1S/C16H13Cl2NS/c17-14-7-8-15(18)16(10-14)20-11-13-5-3-12(4-6-13)2-1-9-19/h3-8,10H,9,11,19H2. The first kappa shape index (κ1) is 15.3. The number of benzene rings is 2. The van der Waals surface area contributed by atoms with Crippen LogP contribution in [0.3, 0.4) is 0 Å². The Hall–Kier alpha value is -1.11. The maximum atomic E-state index is 6.14. The maximum Gasteiger partial charge on any atom is 0.0555 e. The molecule has 4 heteroatoms. The second kappa shape index (κ2) is 7.61. The van der Waals surface area contributed by atoms with E-state index in [0.717, 1.165) is 21.2 Å². The quantitative estimate of drug-likeness (QED) is 0.660. The van der Waals surface area contributed by atoms with Crippen LogP contribution in [0, 0.1) is 11.8 Å². The predicted molar refractivity (Wildman–Crippen MR) is 88.4 cm³/mol. The molecule has 0 heterocycles. The summed E-state index contributed by atoms with van der Waals surface area (Å²) in [5, 5.41) is 1.43. The normalized spacial score (nSPS) is 9.95. The van der Waals surface area contributed by atoms with Crippen molar-refractivity contribution in [1.82, 2.24) is 0 Å². The molecule has 0 aromatic heterocycles. The van der Waals surface area contributed by atoms with E-state index in [1.54, 1.807) is 17.8 Å². The van der Waals surface area contributed by atoms with Gasteiger partial charge in [0.2, 0.25) is 0 Å². The fourth-order valence-corrected chi connectivity index (χ4v) is 3.04. The van der Waals surface area contributed by atoms with Gasteiger partial charge in [0.25, 0.3) is 0 Å². The molecule has 0 aliphatic heterocycles. The molecule has 0 aliphatic rings. The van der Waals surface area contributed by atoms with Gasteiger partial charge in [-0.1, -0.05) is 47.2 Å². The molecule has 20 heavy (non-hydrogen) atoms. The summed E-state index contributed by atoms with van der Waals surface area (Å²) in [6.07, 6.45) is 0. The van der Waals surface area contributed by atoms with Gasteiger partial charge in [-0.3, -0.25) is 0 Å². The second-order valence-electron chi connectivity index (χ2n) is 4.07. The van der Waals surface area contributed by atoms with Crippen molar-refractivity contribution in [3.63, 3.8) is 0 Å². The van der Waals surface area contributed by atoms with Gasteiger partial charge in [-0.05, 0) is 35.9 Å². The zero-order valence-electron chi connectivity index (χ0n) is 10.7. The van der Waals surface area contributed by atoms with Gasteiger partial charge in [-0.25, -0.2) is 0 Å². The lowest BCUT2D eigenvalue weighted by Crippen LogP contribution is -1.93. The van der Waals surface area contributed by atoms with Crippen molar-refractivity contribution in [2.45, 2.75) is 10.6 Å². The van der Waals surface area contributed by atoms with Gasteiger partial charge >= 0.3 is 0 Å². The molecule has 0 radical (unpaired) electrons. The summed E-state index contributed by atoms with van der Waals surface area (Å²) in [6.45, 7) is 0.380. The Morgan fingerprint density at radius 1 is 1.05 bits per heavy atom. The van der Waals surface area contributed by atoms with E-state index in [4.69, 9.17) is 28.9 Å². The molecule has 0 bridgehead atoms. The Balaban J connectivity index is 2.02. The van der Waals surface area contributed by atoms with Crippen LogP contribution in [0.5, 0.6) is 0 Å². The van der Waals surface area contributed by atoms with Crippen molar-refractivity contribution < 1.29 is 0 Å². The largest absolute Gasteiger partial charge is 0.320 e. The second-order valence-corrected chi connectivity index (χ2v) is 5.93. The van der Waals surface area contributed by atoms with Crippen molar-refractivity contribution >= 4 is 35.0 Å². The third kappa shape index (κ3) is 4.47. The molecule has 2 aromatic rings. The number of rotatable bonds is 3. The Labute approximate surface area is 133 Å². The molecule has 0 amide bonds. The van der Waals surface area contributed by atoms with Crippen LogP contribution in [0.4, 0.5) is 0 Å². The molecule has 2 aromatic carbocycles. The Morgan fingerprint density at radius 3 is 2.50 bits per heavy atom. The van der Waals surface area contributed by atoms with E-state index >= 15 is 0 Å². The van der Waals surface area contributed by atoms with E-state index < -0.39 is 0 Å². The molecular formula is C16H13Cl2NS. The molecule has 1 nitrogen and oxygen atoms in total. The lowest BCUT2D eigenvalue weighted by molar-refractivity contribution is 1.30. The van der Waals surface area contributed by atoms with E-state index in [1.165, 1.54) is 5.56 Å². The lowest BCUT2D eigenvalue weighted by atomic mass is 10.1. The molecule has 0 fully saturated rings. The highest BCUT2D eigenvalue weighted by molar-refractivity contribution is 7.98. The van der Waals surface area contributed by atoms with Gasteiger partial charge in [-0.15, -0.1) is 11.8 Å². The first-order valence-corrected chi connectivity index (χ1v) is 7.79. The van der Waals surface area contributed by atoms with Crippen molar-refractivity contribution in [2.75, 3.05) is 6.54 Å². The van der Waals surface area contributed by atoms with Crippen molar-refractivity contribution in [2.24, 2.45) is 5.73 Å². The van der Waals surface area contributed by atoms with Crippen LogP contribution in [0.15, 0.2) is 47.4 Å². The highest BCUT2D eigenvalue weighted by atomic mass is 35.5. The molecule has 0 unspecified atom stereocenters. The van der Waals surface area contributed by atoms with E-state index in [-0.39, 0.29) is 0 Å². The van der Waals surface area contributed by atoms with Crippen LogP contribution < -0.4 is 5.73 Å². The van der Waals surface area contributed by atoms with Gasteiger partial charge in [0.1, 0.15) is 0 Å². The minimum atomic E-state index is 0.380. The summed E-state index contributed by atoms with van der Waals surface area (Å²) in [5.41, 5.74) is 7.53. The van der Waals surface area contributed by atoms with E-state index in [9.17, 15) is 0 Å². The third-order valence-corrected chi connectivity index (χ3v) is 4.38. The number of hydrogen-bond acceptors (Lipinski definition) is 2. The number of thioether (sulfide) groups is 1. The SMILES string of the molecule is NCC#Cc1ccc(CSc2cc(Cl)ccc2Cl)cc1. The van der Waals surface area contributed by atoms with Crippen molar-refractivity contribution in [3.8, 4) is 11.8 Å². The van der Waals surface area contributed by atoms with Gasteiger partial charge in [0.15, 0.2) is 0 Å². The molecular weight excluding hydrogens is 309 g/mol. The van der Waals surface area contributed by atoms with E-state index in [2.05, 4.69) is 24.0 Å². The van der Waals surface area contributed by atoms with Crippen molar-refractivity contribution in [1.29, 1.82) is 0 Å². The first-order valence-electron chi connectivity index (χ1n) is 6.05. The fourth-order valence-electron chi connectivity index (χ4n) is 1.59. The summed E-state index contributed by atoms with van der Waals surface area (Å²) >= 11 is 13.8. The zero-order valence-corrected chi connectivity index (χ0v) is 13.0. The fraction of sp³-hybridized carbons (Fsp3) is 0.125. The number of nitrogens with two attached hydrogens (primary N) is 1. The first-order chi connectivity index (χ1) is 9.69. The predicted octanol–water partition coefficient (Wildman–Crippen LogP) is 4.60. The van der Waals surface area contributed by atoms with Crippen LogP contribution in [0.25, 0.3) is 0 Å². The summed E-state index contributed by atoms with van der Waals surface area (Å²) in [6, 6.07) is 13.6. The average Bonchev–Trinajstić information content (AvgIpc) is 2.47. The molecule has 102 valence electrons. The number of halogens is 2. The average molecular weight is 322 g/mol. The Kier molecular flexibility index (Phi) is 5.82. The minimum Gasteiger partial charge on any atom is -0.320 e. The van der Waals surface area contributed by atoms with Gasteiger partial charge in [-0.2, -0.15) is 0 Å². The summed E-state index contributed by atoms with van der Waals surface area (Å²) in [4.78, 5) is 0.992. The molecule has 0 saturated heterocycles. The van der Waals surface area contributed by atoms with E-state index in [1.807, 2.05) is 24.3 Å². The highest BCUT2D eigenvalue weighted by Gasteiger charge is 2.03. The Bertz CT molecular complexity index is 642. The van der Waals surface area contributed by atoms with Crippen LogP contribution in [0.1, 0.15) is 11.1 Å². The molecule has 0 aliphatic carbocycles.